The van der Waals surface area contributed by atoms with E-state index >= 15 is 0 Å². The van der Waals surface area contributed by atoms with Gasteiger partial charge in [-0.15, -0.1) is 0 Å². The van der Waals surface area contributed by atoms with Gasteiger partial charge in [0.1, 0.15) is 11.5 Å². The molecule has 3 rings (SSSR count). The number of fused-ring (bicyclic) bond motifs is 1. The third kappa shape index (κ3) is 3.96. The lowest BCUT2D eigenvalue weighted by atomic mass is 10.0. The summed E-state index contributed by atoms with van der Waals surface area (Å²) in [5, 5.41) is 2.88. The SMILES string of the molecule is COc1ccc(C)cc1NC(=O)CCN1C(=O)C(C)(C)Oc2ccc(C)cc21. The topological polar surface area (TPSA) is 67.9 Å². The van der Waals surface area contributed by atoms with Crippen LogP contribution < -0.4 is 19.7 Å². The van der Waals surface area contributed by atoms with Crippen LogP contribution in [0.15, 0.2) is 36.4 Å². The maximum Gasteiger partial charge on any atom is 0.270 e. The van der Waals surface area contributed by atoms with Gasteiger partial charge >= 0.3 is 0 Å². The maximum absolute atomic E-state index is 12.9. The molecule has 0 unspecified atom stereocenters. The molecule has 0 aliphatic carbocycles. The van der Waals surface area contributed by atoms with Crippen molar-refractivity contribution in [2.45, 2.75) is 39.7 Å². The molecule has 0 radical (unpaired) electrons. The zero-order valence-corrected chi connectivity index (χ0v) is 17.0. The van der Waals surface area contributed by atoms with Crippen LogP contribution in [0, 0.1) is 13.8 Å². The molecule has 1 aliphatic heterocycles. The lowest BCUT2D eigenvalue weighted by molar-refractivity contribution is -0.132. The van der Waals surface area contributed by atoms with Crippen LogP contribution in [-0.2, 0) is 9.59 Å². The number of anilines is 2. The quantitative estimate of drug-likeness (QED) is 0.853. The molecule has 0 fully saturated rings. The first-order valence-corrected chi connectivity index (χ1v) is 9.27. The molecule has 0 spiro atoms. The zero-order chi connectivity index (χ0) is 20.5. The van der Waals surface area contributed by atoms with Crippen molar-refractivity contribution in [2.24, 2.45) is 0 Å². The van der Waals surface area contributed by atoms with E-state index in [1.54, 1.807) is 25.9 Å². The van der Waals surface area contributed by atoms with Gasteiger partial charge in [-0.3, -0.25) is 9.59 Å². The van der Waals surface area contributed by atoms with Crippen molar-refractivity contribution in [1.82, 2.24) is 0 Å². The van der Waals surface area contributed by atoms with Crippen LogP contribution >= 0.6 is 0 Å². The van der Waals surface area contributed by atoms with Crippen LogP contribution in [0.1, 0.15) is 31.4 Å². The Hall–Kier alpha value is -3.02. The fourth-order valence-corrected chi connectivity index (χ4v) is 3.25. The fourth-order valence-electron chi connectivity index (χ4n) is 3.25. The maximum atomic E-state index is 12.9. The van der Waals surface area contributed by atoms with E-state index < -0.39 is 5.60 Å². The van der Waals surface area contributed by atoms with Crippen LogP contribution in [-0.4, -0.2) is 31.1 Å². The van der Waals surface area contributed by atoms with Gasteiger partial charge in [0.2, 0.25) is 5.91 Å². The van der Waals surface area contributed by atoms with Crippen molar-refractivity contribution in [3.63, 3.8) is 0 Å². The Bertz CT molecular complexity index is 921. The highest BCUT2D eigenvalue weighted by Crippen LogP contribution is 2.38. The van der Waals surface area contributed by atoms with E-state index in [2.05, 4.69) is 5.32 Å². The van der Waals surface area contributed by atoms with Crippen LogP contribution in [0.25, 0.3) is 0 Å². The van der Waals surface area contributed by atoms with E-state index in [9.17, 15) is 9.59 Å². The highest BCUT2D eigenvalue weighted by molar-refractivity contribution is 6.03. The van der Waals surface area contributed by atoms with Gasteiger partial charge in [0.05, 0.1) is 18.5 Å². The van der Waals surface area contributed by atoms with Gasteiger partial charge in [0, 0.05) is 13.0 Å². The fraction of sp³-hybridized carbons (Fsp3) is 0.364. The molecule has 148 valence electrons. The number of nitrogens with one attached hydrogen (secondary N) is 1. The first-order chi connectivity index (χ1) is 13.2. The lowest BCUT2D eigenvalue weighted by Gasteiger charge is -2.38. The molecule has 2 amide bonds. The van der Waals surface area contributed by atoms with E-state index in [0.717, 1.165) is 11.1 Å². The number of rotatable bonds is 5. The normalized spacial score (nSPS) is 14.9. The van der Waals surface area contributed by atoms with Crippen molar-refractivity contribution in [2.75, 3.05) is 23.9 Å². The molecule has 1 heterocycles. The Labute approximate surface area is 165 Å². The van der Waals surface area contributed by atoms with E-state index in [4.69, 9.17) is 9.47 Å². The van der Waals surface area contributed by atoms with Gasteiger partial charge < -0.3 is 19.7 Å². The summed E-state index contributed by atoms with van der Waals surface area (Å²) < 4.78 is 11.2. The number of amides is 2. The second-order valence-corrected chi connectivity index (χ2v) is 7.54. The van der Waals surface area contributed by atoms with Gasteiger partial charge in [-0.1, -0.05) is 12.1 Å². The molecular weight excluding hydrogens is 356 g/mol. The number of benzene rings is 2. The van der Waals surface area contributed by atoms with Crippen LogP contribution in [0.2, 0.25) is 0 Å². The van der Waals surface area contributed by atoms with Crippen molar-refractivity contribution in [1.29, 1.82) is 0 Å². The summed E-state index contributed by atoms with van der Waals surface area (Å²) in [6, 6.07) is 11.3. The predicted octanol–water partition coefficient (Wildman–Crippen LogP) is 3.84. The third-order valence-corrected chi connectivity index (χ3v) is 4.72. The molecule has 1 N–H and O–H groups in total. The third-order valence-electron chi connectivity index (χ3n) is 4.72. The molecule has 6 heteroatoms. The van der Waals surface area contributed by atoms with Gasteiger partial charge in [0.15, 0.2) is 5.60 Å². The minimum Gasteiger partial charge on any atom is -0.495 e. The van der Waals surface area contributed by atoms with Gasteiger partial charge in [-0.2, -0.15) is 0 Å². The molecule has 0 bridgehead atoms. The number of carbonyl (C=O) groups excluding carboxylic acids is 2. The number of hydrogen-bond donors (Lipinski definition) is 1. The standard InChI is InChI=1S/C22H26N2O4/c1-14-6-8-18(27-5)16(12-14)23-20(25)10-11-24-17-13-15(2)7-9-19(17)28-22(3,4)21(24)26/h6-9,12-13H,10-11H2,1-5H3,(H,23,25). The molecule has 0 aromatic heterocycles. The van der Waals surface area contributed by atoms with Crippen LogP contribution in [0.5, 0.6) is 11.5 Å². The minimum atomic E-state index is -0.974. The lowest BCUT2D eigenvalue weighted by Crippen LogP contribution is -2.53. The van der Waals surface area contributed by atoms with Crippen LogP contribution in [0.3, 0.4) is 0 Å². The molecule has 0 atom stereocenters. The van der Waals surface area contributed by atoms with Crippen LogP contribution in [0.4, 0.5) is 11.4 Å². The smallest absolute Gasteiger partial charge is 0.270 e. The minimum absolute atomic E-state index is 0.159. The number of ether oxygens (including phenoxy) is 2. The average molecular weight is 382 g/mol. The first kappa shape index (κ1) is 19.7. The number of nitrogens with zero attached hydrogens (tertiary/aromatic N) is 1. The van der Waals surface area contributed by atoms with Crippen molar-refractivity contribution < 1.29 is 19.1 Å². The Balaban J connectivity index is 1.76. The molecule has 6 nitrogen and oxygen atoms in total. The van der Waals surface area contributed by atoms with E-state index in [-0.39, 0.29) is 24.8 Å². The largest absolute Gasteiger partial charge is 0.495 e. The van der Waals surface area contributed by atoms with Crippen molar-refractivity contribution in [3.05, 3.63) is 47.5 Å². The number of hydrogen-bond acceptors (Lipinski definition) is 4. The molecule has 0 saturated heterocycles. The molecule has 2 aromatic rings. The highest BCUT2D eigenvalue weighted by Gasteiger charge is 2.40. The summed E-state index contributed by atoms with van der Waals surface area (Å²) in [7, 11) is 1.56. The zero-order valence-electron chi connectivity index (χ0n) is 17.0. The van der Waals surface area contributed by atoms with Crippen molar-refractivity contribution in [3.8, 4) is 11.5 Å². The predicted molar refractivity (Wildman–Crippen MR) is 109 cm³/mol. The van der Waals surface area contributed by atoms with E-state index in [1.165, 1.54) is 0 Å². The monoisotopic (exact) mass is 382 g/mol. The number of methoxy groups -OCH3 is 1. The Kier molecular flexibility index (Phi) is 5.31. The summed E-state index contributed by atoms with van der Waals surface area (Å²) in [5.41, 5.74) is 2.39. The van der Waals surface area contributed by atoms with Gasteiger partial charge in [-0.25, -0.2) is 0 Å². The average Bonchev–Trinajstić information content (AvgIpc) is 2.63. The molecule has 0 saturated carbocycles. The Morgan fingerprint density at radius 3 is 2.54 bits per heavy atom. The highest BCUT2D eigenvalue weighted by atomic mass is 16.5. The van der Waals surface area contributed by atoms with E-state index in [0.29, 0.717) is 22.9 Å². The summed E-state index contributed by atoms with van der Waals surface area (Å²) >= 11 is 0. The second kappa shape index (κ2) is 7.54. The summed E-state index contributed by atoms with van der Waals surface area (Å²) in [4.78, 5) is 27.1. The first-order valence-electron chi connectivity index (χ1n) is 9.27. The molecular formula is C22H26N2O4. The van der Waals surface area contributed by atoms with Gasteiger partial charge in [-0.05, 0) is 63.1 Å². The number of aryl methyl sites for hydroxylation is 2. The Morgan fingerprint density at radius 1 is 1.14 bits per heavy atom. The molecule has 28 heavy (non-hydrogen) atoms. The summed E-state index contributed by atoms with van der Waals surface area (Å²) in [6.45, 7) is 7.65. The van der Waals surface area contributed by atoms with Crippen molar-refractivity contribution >= 4 is 23.2 Å². The molecule has 1 aliphatic rings. The summed E-state index contributed by atoms with van der Waals surface area (Å²) in [6.07, 6.45) is 0.159. The Morgan fingerprint density at radius 2 is 1.82 bits per heavy atom. The number of carbonyl (C=O) groups is 2. The summed E-state index contributed by atoms with van der Waals surface area (Å²) in [5.74, 6) is 0.904. The van der Waals surface area contributed by atoms with E-state index in [1.807, 2.05) is 50.2 Å². The van der Waals surface area contributed by atoms with Gasteiger partial charge in [0.25, 0.3) is 5.91 Å². The second-order valence-electron chi connectivity index (χ2n) is 7.54. The molecule has 2 aromatic carbocycles.